The Labute approximate surface area is 263 Å². The van der Waals surface area contributed by atoms with E-state index in [1.54, 1.807) is 24.4 Å². The largest absolute Gasteiger partial charge is 0.274 e. The zero-order valence-corrected chi connectivity index (χ0v) is 24.6. The van der Waals surface area contributed by atoms with E-state index in [9.17, 15) is 19.2 Å². The molecule has 0 unspecified atom stereocenters. The maximum Gasteiger partial charge on any atom is 0.262 e. The van der Waals surface area contributed by atoms with Crippen molar-refractivity contribution in [1.82, 2.24) is 19.8 Å². The van der Waals surface area contributed by atoms with Gasteiger partial charge in [-0.05, 0) is 41.5 Å². The summed E-state index contributed by atoms with van der Waals surface area (Å²) >= 11 is 0. The van der Waals surface area contributed by atoms with E-state index >= 15 is 0 Å². The summed E-state index contributed by atoms with van der Waals surface area (Å²) in [6.45, 7) is 0.504. The number of aromatic nitrogens is 2. The van der Waals surface area contributed by atoms with Gasteiger partial charge in [-0.25, -0.2) is 0 Å². The molecule has 0 saturated carbocycles. The number of carbonyl (C=O) groups is 4. The lowest BCUT2D eigenvalue weighted by atomic mass is 9.88. The Hall–Kier alpha value is -6.02. The van der Waals surface area contributed by atoms with Gasteiger partial charge < -0.3 is 0 Å². The second-order valence-electron chi connectivity index (χ2n) is 11.5. The highest BCUT2D eigenvalue weighted by molar-refractivity contribution is 6.29. The smallest absolute Gasteiger partial charge is 0.262 e. The molecule has 4 aromatic carbocycles. The summed E-state index contributed by atoms with van der Waals surface area (Å²) in [4.78, 5) is 66.3. The lowest BCUT2D eigenvalue weighted by Gasteiger charge is -2.28. The van der Waals surface area contributed by atoms with Crippen LogP contribution in [0.5, 0.6) is 0 Å². The first-order chi connectivity index (χ1) is 22.5. The molecule has 0 radical (unpaired) electrons. The molecule has 2 aliphatic heterocycles. The number of rotatable bonds is 7. The highest BCUT2D eigenvalue weighted by Crippen LogP contribution is 2.40. The maximum atomic E-state index is 13.7. The van der Waals surface area contributed by atoms with E-state index < -0.39 is 11.8 Å². The Morgan fingerprint density at radius 3 is 1.61 bits per heavy atom. The SMILES string of the molecule is O=C1c2cccc3c(-c4ncc5c6c(cncc46)C(=O)N(CCc4ccccc4)C5=O)ccc(c23)C(=O)N1CCc1ccccc1. The molecule has 2 aromatic heterocycles. The Morgan fingerprint density at radius 2 is 0.978 bits per heavy atom. The van der Waals surface area contributed by atoms with Gasteiger partial charge in [-0.15, -0.1) is 0 Å². The first-order valence-electron chi connectivity index (χ1n) is 15.1. The highest BCUT2D eigenvalue weighted by atomic mass is 16.2. The van der Waals surface area contributed by atoms with Gasteiger partial charge in [-0.3, -0.25) is 38.9 Å². The average molecular weight is 603 g/mol. The molecule has 8 nitrogen and oxygen atoms in total. The molecule has 8 heteroatoms. The van der Waals surface area contributed by atoms with Gasteiger partial charge >= 0.3 is 0 Å². The van der Waals surface area contributed by atoms with E-state index in [1.807, 2.05) is 72.8 Å². The van der Waals surface area contributed by atoms with E-state index in [0.717, 1.165) is 11.1 Å². The van der Waals surface area contributed by atoms with Crippen LogP contribution in [0.4, 0.5) is 0 Å². The van der Waals surface area contributed by atoms with Crippen molar-refractivity contribution in [3.63, 3.8) is 0 Å². The number of benzene rings is 4. The van der Waals surface area contributed by atoms with Crippen LogP contribution in [0.25, 0.3) is 32.8 Å². The normalized spacial score (nSPS) is 14.1. The van der Waals surface area contributed by atoms with Crippen molar-refractivity contribution in [2.24, 2.45) is 0 Å². The van der Waals surface area contributed by atoms with Crippen LogP contribution in [0.2, 0.25) is 0 Å². The second-order valence-corrected chi connectivity index (χ2v) is 11.5. The molecule has 0 saturated heterocycles. The number of carbonyl (C=O) groups excluding carboxylic acids is 4. The molecule has 2 aliphatic rings. The zero-order valence-electron chi connectivity index (χ0n) is 24.6. The summed E-state index contributed by atoms with van der Waals surface area (Å²) in [6, 6.07) is 28.4. The number of amides is 4. The minimum atomic E-state index is -0.396. The van der Waals surface area contributed by atoms with Crippen LogP contribution in [0.3, 0.4) is 0 Å². The Morgan fingerprint density at radius 1 is 0.457 bits per heavy atom. The van der Waals surface area contributed by atoms with Gasteiger partial charge in [0.2, 0.25) is 0 Å². The van der Waals surface area contributed by atoms with Crippen molar-refractivity contribution in [2.75, 3.05) is 13.1 Å². The molecule has 0 bridgehead atoms. The number of nitrogens with zero attached hydrogens (tertiary/aromatic N) is 4. The molecule has 0 atom stereocenters. The van der Waals surface area contributed by atoms with Crippen LogP contribution in [0.1, 0.15) is 52.6 Å². The Bertz CT molecular complexity index is 2040. The fourth-order valence-corrected chi connectivity index (χ4v) is 6.65. The van der Waals surface area contributed by atoms with E-state index in [0.29, 0.717) is 67.9 Å². The fourth-order valence-electron chi connectivity index (χ4n) is 6.65. The van der Waals surface area contributed by atoms with Crippen LogP contribution < -0.4 is 0 Å². The minimum Gasteiger partial charge on any atom is -0.274 e. The quantitative estimate of drug-likeness (QED) is 0.204. The van der Waals surface area contributed by atoms with Crippen molar-refractivity contribution in [3.8, 4) is 11.3 Å². The van der Waals surface area contributed by atoms with Crippen molar-refractivity contribution in [1.29, 1.82) is 0 Å². The standard InChI is InChI=1S/C38H26N4O4/c43-35-27-13-7-12-25-26(14-15-28(32(25)27)36(44)41(35)18-16-23-8-3-1-4-9-23)34-29-20-39-21-30-33(29)31(22-40-34)38(46)42(37(30)45)19-17-24-10-5-2-6-11-24/h1-15,20-22H,16-19H2. The van der Waals surface area contributed by atoms with Gasteiger partial charge in [0.25, 0.3) is 23.6 Å². The number of hydrogen-bond acceptors (Lipinski definition) is 6. The van der Waals surface area contributed by atoms with Gasteiger partial charge in [0, 0.05) is 64.5 Å². The van der Waals surface area contributed by atoms with Crippen molar-refractivity contribution < 1.29 is 19.2 Å². The van der Waals surface area contributed by atoms with Gasteiger partial charge in [0.1, 0.15) is 0 Å². The van der Waals surface area contributed by atoms with Gasteiger partial charge in [0.05, 0.1) is 16.8 Å². The second kappa shape index (κ2) is 10.9. The highest BCUT2D eigenvalue weighted by Gasteiger charge is 2.36. The summed E-state index contributed by atoms with van der Waals surface area (Å²) in [6.07, 6.45) is 5.72. The van der Waals surface area contributed by atoms with Gasteiger partial charge in [-0.2, -0.15) is 0 Å². The molecule has 4 amide bonds. The number of pyridine rings is 2. The molecule has 0 aliphatic carbocycles. The van der Waals surface area contributed by atoms with Crippen molar-refractivity contribution in [2.45, 2.75) is 12.8 Å². The monoisotopic (exact) mass is 602 g/mol. The molecule has 4 heterocycles. The number of imide groups is 2. The summed E-state index contributed by atoms with van der Waals surface area (Å²) in [5, 5.41) is 2.31. The summed E-state index contributed by atoms with van der Waals surface area (Å²) in [5.41, 5.74) is 4.83. The van der Waals surface area contributed by atoms with E-state index in [4.69, 9.17) is 4.98 Å². The lowest BCUT2D eigenvalue weighted by molar-refractivity contribution is 0.0596. The predicted octanol–water partition coefficient (Wildman–Crippen LogP) is 6.13. The van der Waals surface area contributed by atoms with E-state index in [1.165, 1.54) is 22.2 Å². The third kappa shape index (κ3) is 4.29. The van der Waals surface area contributed by atoms with Gasteiger partial charge in [0.15, 0.2) is 0 Å². The van der Waals surface area contributed by atoms with E-state index in [-0.39, 0.29) is 24.9 Å². The molecule has 222 valence electrons. The molecular weight excluding hydrogens is 576 g/mol. The Balaban J connectivity index is 1.18. The zero-order chi connectivity index (χ0) is 31.4. The molecule has 0 spiro atoms. The topological polar surface area (TPSA) is 101 Å². The number of hydrogen-bond donors (Lipinski definition) is 0. The average Bonchev–Trinajstić information content (AvgIpc) is 3.10. The molecular formula is C38H26N4O4. The summed E-state index contributed by atoms with van der Waals surface area (Å²) in [5.74, 6) is -1.47. The fraction of sp³-hybridized carbons (Fsp3) is 0.105. The molecule has 8 rings (SSSR count). The van der Waals surface area contributed by atoms with Crippen LogP contribution in [-0.2, 0) is 12.8 Å². The molecule has 6 aromatic rings. The van der Waals surface area contributed by atoms with Crippen LogP contribution >= 0.6 is 0 Å². The summed E-state index contributed by atoms with van der Waals surface area (Å²) < 4.78 is 0. The Kier molecular flexibility index (Phi) is 6.49. The van der Waals surface area contributed by atoms with Crippen molar-refractivity contribution >= 4 is 45.2 Å². The third-order valence-corrected chi connectivity index (χ3v) is 8.92. The van der Waals surface area contributed by atoms with Crippen LogP contribution in [-0.4, -0.2) is 56.5 Å². The molecule has 46 heavy (non-hydrogen) atoms. The minimum absolute atomic E-state index is 0.235. The first kappa shape index (κ1) is 27.5. The van der Waals surface area contributed by atoms with Crippen molar-refractivity contribution in [3.05, 3.63) is 143 Å². The third-order valence-electron chi connectivity index (χ3n) is 8.92. The molecule has 0 fully saturated rings. The lowest BCUT2D eigenvalue weighted by Crippen LogP contribution is -2.41. The summed E-state index contributed by atoms with van der Waals surface area (Å²) in [7, 11) is 0. The first-order valence-corrected chi connectivity index (χ1v) is 15.1. The molecule has 0 N–H and O–H groups in total. The van der Waals surface area contributed by atoms with Crippen LogP contribution in [0, 0.1) is 0 Å². The van der Waals surface area contributed by atoms with Gasteiger partial charge in [-0.1, -0.05) is 78.9 Å². The van der Waals surface area contributed by atoms with E-state index in [2.05, 4.69) is 4.98 Å². The van der Waals surface area contributed by atoms with Crippen LogP contribution in [0.15, 0.2) is 110 Å². The predicted molar refractivity (Wildman–Crippen MR) is 174 cm³/mol. The maximum absolute atomic E-state index is 13.7.